The number of amides is 5. The van der Waals surface area contributed by atoms with Crippen LogP contribution in [-0.2, 0) is 11.2 Å². The van der Waals surface area contributed by atoms with Gasteiger partial charge in [-0.2, -0.15) is 0 Å². The molecule has 3 N–H and O–H groups in total. The van der Waals surface area contributed by atoms with Crippen molar-refractivity contribution in [2.24, 2.45) is 0 Å². The van der Waals surface area contributed by atoms with Gasteiger partial charge in [-0.05, 0) is 68.6 Å². The lowest BCUT2D eigenvalue weighted by atomic mass is 10.1. The van der Waals surface area contributed by atoms with E-state index in [1.165, 1.54) is 61.6 Å². The van der Waals surface area contributed by atoms with Gasteiger partial charge in [0.25, 0.3) is 0 Å². The second kappa shape index (κ2) is 18.0. The minimum absolute atomic E-state index is 0. The Labute approximate surface area is 284 Å². The van der Waals surface area contributed by atoms with E-state index in [0.29, 0.717) is 11.1 Å². The van der Waals surface area contributed by atoms with Gasteiger partial charge in [-0.25, -0.2) is 18.4 Å². The van der Waals surface area contributed by atoms with Crippen LogP contribution >= 0.6 is 24.8 Å². The number of benzene rings is 2. The first-order valence-electron chi connectivity index (χ1n) is 14.9. The quantitative estimate of drug-likeness (QED) is 0.269. The van der Waals surface area contributed by atoms with Gasteiger partial charge in [0.1, 0.15) is 11.6 Å². The number of nitrogens with zero attached hydrogens (tertiary/aromatic N) is 3. The molecule has 2 aliphatic heterocycles. The third-order valence-corrected chi connectivity index (χ3v) is 7.58. The normalized spacial score (nSPS) is 15.4. The summed E-state index contributed by atoms with van der Waals surface area (Å²) in [5, 5.41) is 7.42. The summed E-state index contributed by atoms with van der Waals surface area (Å²) in [6.07, 6.45) is 7.27. The minimum atomic E-state index is -0.846. The average Bonchev–Trinajstić information content (AvgIpc) is 3.71. The second-order valence-corrected chi connectivity index (χ2v) is 10.9. The van der Waals surface area contributed by atoms with E-state index < -0.39 is 23.6 Å². The highest BCUT2D eigenvalue weighted by Gasteiger charge is 2.30. The zero-order valence-corrected chi connectivity index (χ0v) is 27.1. The van der Waals surface area contributed by atoms with Gasteiger partial charge < -0.3 is 25.2 Å². The van der Waals surface area contributed by atoms with Crippen LogP contribution in [0.2, 0.25) is 0 Å². The van der Waals surface area contributed by atoms with Gasteiger partial charge in [0, 0.05) is 49.3 Å². The highest BCUT2D eigenvalue weighted by Crippen LogP contribution is 2.28. The fourth-order valence-electron chi connectivity index (χ4n) is 5.38. The standard InChI is InChI=1S/C33H34F2N6O4.2ClH/c34-25-9-7-23(8-10-25)19-31(42)39-32(43)38-26-11-12-30(28(35)20-26)45-29-13-15-36-21-24(29)5-3-14-37-33(44)41-18-4-6-27(41)22-40-16-1-2-17-40;;/h7-13,15,20-21,27H,1-2,4,6,14,16-19,22H2,(H,37,44)(H2,38,39,42,43);2*1H/t27-;;/m0../s1. The molecule has 0 aliphatic carbocycles. The van der Waals surface area contributed by atoms with E-state index in [9.17, 15) is 23.2 Å². The first kappa shape index (κ1) is 37.0. The van der Waals surface area contributed by atoms with Crippen molar-refractivity contribution in [3.63, 3.8) is 0 Å². The largest absolute Gasteiger partial charge is 0.453 e. The number of urea groups is 2. The van der Waals surface area contributed by atoms with Gasteiger partial charge in [0.05, 0.1) is 18.5 Å². The van der Waals surface area contributed by atoms with Crippen molar-refractivity contribution >= 4 is 48.5 Å². The average molecular weight is 690 g/mol. The molecule has 5 rings (SSSR count). The summed E-state index contributed by atoms with van der Waals surface area (Å²) in [5.74, 6) is 4.19. The molecule has 2 aromatic carbocycles. The zero-order chi connectivity index (χ0) is 31.6. The van der Waals surface area contributed by atoms with E-state index in [2.05, 4.69) is 37.7 Å². The third-order valence-electron chi connectivity index (χ3n) is 7.58. The van der Waals surface area contributed by atoms with Crippen LogP contribution in [0.15, 0.2) is 60.9 Å². The molecule has 0 radical (unpaired) electrons. The highest BCUT2D eigenvalue weighted by atomic mass is 35.5. The molecular formula is C33H36Cl2F2N6O4. The van der Waals surface area contributed by atoms with Crippen LogP contribution in [0.5, 0.6) is 11.5 Å². The fraction of sp³-hybridized carbons (Fsp3) is 0.333. The zero-order valence-electron chi connectivity index (χ0n) is 25.5. The SMILES string of the molecule is Cl.Cl.O=C(Cc1ccc(F)cc1)NC(=O)Nc1ccc(Oc2ccncc2C#CCNC(=O)N2CCC[C@H]2CN2CCCC2)c(F)c1. The molecule has 3 aromatic rings. The number of anilines is 1. The van der Waals surface area contributed by atoms with Crippen LogP contribution in [0.3, 0.4) is 0 Å². The maximum atomic E-state index is 14.9. The molecule has 10 nitrogen and oxygen atoms in total. The molecule has 0 bridgehead atoms. The predicted octanol–water partition coefficient (Wildman–Crippen LogP) is 5.51. The third kappa shape index (κ3) is 10.8. The fourth-order valence-corrected chi connectivity index (χ4v) is 5.38. The lowest BCUT2D eigenvalue weighted by Crippen LogP contribution is -2.47. The Hall–Kier alpha value is -4.44. The van der Waals surface area contributed by atoms with Crippen molar-refractivity contribution in [1.29, 1.82) is 0 Å². The summed E-state index contributed by atoms with van der Waals surface area (Å²) in [6, 6.07) is 9.91. The number of hydrogen-bond acceptors (Lipinski definition) is 6. The Bertz CT molecular complexity index is 1600. The number of carbonyl (C=O) groups excluding carboxylic acids is 3. The summed E-state index contributed by atoms with van der Waals surface area (Å²) in [6.45, 7) is 3.97. The highest BCUT2D eigenvalue weighted by molar-refractivity contribution is 6.01. The molecular weight excluding hydrogens is 653 g/mol. The van der Waals surface area contributed by atoms with Crippen LogP contribution < -0.4 is 20.7 Å². The van der Waals surface area contributed by atoms with Crippen molar-refractivity contribution in [2.45, 2.75) is 38.1 Å². The summed E-state index contributed by atoms with van der Waals surface area (Å²) < 4.78 is 33.7. The summed E-state index contributed by atoms with van der Waals surface area (Å²) in [5.41, 5.74) is 1.03. The van der Waals surface area contributed by atoms with Crippen LogP contribution in [0, 0.1) is 23.5 Å². The van der Waals surface area contributed by atoms with Crippen molar-refractivity contribution in [3.05, 3.63) is 83.7 Å². The van der Waals surface area contributed by atoms with Crippen molar-refractivity contribution in [3.8, 4) is 23.3 Å². The number of ether oxygens (including phenoxy) is 1. The lowest BCUT2D eigenvalue weighted by Gasteiger charge is -2.28. The van der Waals surface area contributed by atoms with Gasteiger partial charge in [-0.1, -0.05) is 24.0 Å². The number of aromatic nitrogens is 1. The van der Waals surface area contributed by atoms with Crippen LogP contribution in [0.1, 0.15) is 36.8 Å². The Morgan fingerprint density at radius 2 is 1.72 bits per heavy atom. The van der Waals surface area contributed by atoms with Crippen molar-refractivity contribution in [1.82, 2.24) is 25.4 Å². The molecule has 250 valence electrons. The second-order valence-electron chi connectivity index (χ2n) is 10.9. The molecule has 2 fully saturated rings. The van der Waals surface area contributed by atoms with Gasteiger partial charge in [-0.3, -0.25) is 15.1 Å². The Balaban J connectivity index is 0.00000300. The monoisotopic (exact) mass is 688 g/mol. The lowest BCUT2D eigenvalue weighted by molar-refractivity contribution is -0.119. The molecule has 2 aliphatic rings. The smallest absolute Gasteiger partial charge is 0.325 e. The van der Waals surface area contributed by atoms with Gasteiger partial charge in [-0.15, -0.1) is 24.8 Å². The Morgan fingerprint density at radius 1 is 0.957 bits per heavy atom. The number of imide groups is 1. The maximum absolute atomic E-state index is 14.9. The molecule has 2 saturated heterocycles. The van der Waals surface area contributed by atoms with E-state index in [4.69, 9.17) is 4.74 Å². The molecule has 0 unspecified atom stereocenters. The minimum Gasteiger partial charge on any atom is -0.453 e. The number of likely N-dealkylation sites (tertiary alicyclic amines) is 2. The molecule has 3 heterocycles. The number of hydrogen-bond donors (Lipinski definition) is 3. The number of halogens is 4. The molecule has 47 heavy (non-hydrogen) atoms. The van der Waals surface area contributed by atoms with E-state index >= 15 is 0 Å². The number of pyridine rings is 1. The predicted molar refractivity (Wildman–Crippen MR) is 178 cm³/mol. The summed E-state index contributed by atoms with van der Waals surface area (Å²) >= 11 is 0. The molecule has 1 aromatic heterocycles. The maximum Gasteiger partial charge on any atom is 0.325 e. The first-order chi connectivity index (χ1) is 21.8. The van der Waals surface area contributed by atoms with Gasteiger partial charge in [0.2, 0.25) is 5.91 Å². The van der Waals surface area contributed by atoms with Crippen LogP contribution in [-0.4, -0.2) is 71.5 Å². The number of carbonyl (C=O) groups is 3. The number of nitrogens with one attached hydrogen (secondary N) is 3. The molecule has 0 saturated carbocycles. The van der Waals surface area contributed by atoms with Crippen molar-refractivity contribution < 1.29 is 27.9 Å². The Kier molecular flexibility index (Phi) is 14.2. The topological polar surface area (TPSA) is 116 Å². The van der Waals surface area contributed by atoms with E-state index in [1.54, 1.807) is 6.07 Å². The van der Waals surface area contributed by atoms with E-state index in [1.807, 2.05) is 4.90 Å². The van der Waals surface area contributed by atoms with Crippen molar-refractivity contribution in [2.75, 3.05) is 38.0 Å². The van der Waals surface area contributed by atoms with Gasteiger partial charge in [0.15, 0.2) is 11.6 Å². The number of rotatable bonds is 8. The summed E-state index contributed by atoms with van der Waals surface area (Å²) in [4.78, 5) is 45.5. The van der Waals surface area contributed by atoms with E-state index in [-0.39, 0.29) is 67.0 Å². The molecule has 5 amide bonds. The van der Waals surface area contributed by atoms with Crippen LogP contribution in [0.4, 0.5) is 24.1 Å². The van der Waals surface area contributed by atoms with Gasteiger partial charge >= 0.3 is 12.1 Å². The van der Waals surface area contributed by atoms with Crippen LogP contribution in [0.25, 0.3) is 0 Å². The molecule has 1 atom stereocenters. The molecule has 14 heteroatoms. The van der Waals surface area contributed by atoms with E-state index in [0.717, 1.165) is 45.1 Å². The summed E-state index contributed by atoms with van der Waals surface area (Å²) in [7, 11) is 0. The molecule has 0 spiro atoms. The first-order valence-corrected chi connectivity index (χ1v) is 14.9. The Morgan fingerprint density at radius 3 is 2.47 bits per heavy atom.